The summed E-state index contributed by atoms with van der Waals surface area (Å²) in [6.45, 7) is 7.88. The average Bonchev–Trinajstić information content (AvgIpc) is 3.37. The predicted molar refractivity (Wildman–Crippen MR) is 147 cm³/mol. The summed E-state index contributed by atoms with van der Waals surface area (Å²) in [7, 11) is -0.624. The Balaban J connectivity index is 1.42. The van der Waals surface area contributed by atoms with Crippen molar-refractivity contribution < 1.29 is 24.0 Å². The number of nitrogens with zero attached hydrogens (tertiary/aromatic N) is 3. The number of halogens is 1. The van der Waals surface area contributed by atoms with Gasteiger partial charge >= 0.3 is 13.2 Å². The van der Waals surface area contributed by atoms with Crippen molar-refractivity contribution in [1.29, 1.82) is 0 Å². The van der Waals surface area contributed by atoms with Gasteiger partial charge in [-0.15, -0.1) is 0 Å². The summed E-state index contributed by atoms with van der Waals surface area (Å²) in [6, 6.07) is 8.87. The first-order valence-electron chi connectivity index (χ1n) is 12.8. The summed E-state index contributed by atoms with van der Waals surface area (Å²) in [6.07, 6.45) is 2.74. The highest BCUT2D eigenvalue weighted by Gasteiger charge is 2.52. The lowest BCUT2D eigenvalue weighted by Crippen LogP contribution is -2.42. The quantitative estimate of drug-likeness (QED) is 0.451. The van der Waals surface area contributed by atoms with E-state index >= 15 is 0 Å². The number of aromatic nitrogens is 2. The fourth-order valence-electron chi connectivity index (χ4n) is 4.81. The Morgan fingerprint density at radius 1 is 1.23 bits per heavy atom. The molecule has 2 aromatic heterocycles. The number of fused-ring (bicyclic) bond motifs is 1. The van der Waals surface area contributed by atoms with Crippen LogP contribution in [-0.4, -0.2) is 62.3 Å². The number of rotatable bonds is 6. The molecule has 3 aromatic rings. The normalized spacial score (nSPS) is 19.9. The largest absolute Gasteiger partial charge is 0.496 e. The molecule has 0 bridgehead atoms. The van der Waals surface area contributed by atoms with E-state index in [0.717, 1.165) is 16.0 Å². The molecule has 4 heterocycles. The molecule has 12 heteroatoms. The molecule has 2 aliphatic heterocycles. The van der Waals surface area contributed by atoms with Crippen LogP contribution in [0.1, 0.15) is 46.1 Å². The Bertz CT molecular complexity index is 1510. The highest BCUT2D eigenvalue weighted by molar-refractivity contribution is 6.66. The van der Waals surface area contributed by atoms with E-state index in [1.54, 1.807) is 18.3 Å². The second-order valence-corrected chi connectivity index (χ2v) is 11.4. The number of carbonyl (C=O) groups is 2. The molecule has 0 spiro atoms. The number of hydrogen-bond acceptors (Lipinski definition) is 6. The van der Waals surface area contributed by atoms with Crippen molar-refractivity contribution in [3.05, 3.63) is 63.7 Å². The fraction of sp³-hybridized carbons (Fsp3) is 0.407. The molecule has 39 heavy (non-hydrogen) atoms. The Kier molecular flexibility index (Phi) is 6.94. The summed E-state index contributed by atoms with van der Waals surface area (Å²) >= 11 is 6.85. The minimum atomic E-state index is -1.17. The average molecular weight is 553 g/mol. The third-order valence-corrected chi connectivity index (χ3v) is 8.21. The number of carboxylic acid groups (broad SMARTS) is 1. The van der Waals surface area contributed by atoms with Crippen molar-refractivity contribution in [2.75, 3.05) is 6.54 Å². The molecule has 10 nitrogen and oxygen atoms in total. The van der Waals surface area contributed by atoms with Crippen LogP contribution in [0.5, 0.6) is 0 Å². The number of hydrogen-bond donors (Lipinski definition) is 2. The molecule has 5 rings (SSSR count). The predicted octanol–water partition coefficient (Wildman–Crippen LogP) is 3.07. The molecule has 1 atom stereocenters. The van der Waals surface area contributed by atoms with Crippen LogP contribution in [-0.2, 0) is 20.6 Å². The third-order valence-electron chi connectivity index (χ3n) is 7.78. The van der Waals surface area contributed by atoms with Crippen molar-refractivity contribution >= 4 is 41.8 Å². The molecule has 2 saturated heterocycles. The van der Waals surface area contributed by atoms with E-state index in [9.17, 15) is 19.5 Å². The maximum atomic E-state index is 13.2. The van der Waals surface area contributed by atoms with Crippen LogP contribution in [0, 0.1) is 0 Å². The summed E-state index contributed by atoms with van der Waals surface area (Å²) < 4.78 is 13.7. The van der Waals surface area contributed by atoms with E-state index in [1.807, 2.05) is 45.9 Å². The van der Waals surface area contributed by atoms with Gasteiger partial charge < -0.3 is 24.6 Å². The molecular formula is C27H30BClN4O6. The summed E-state index contributed by atoms with van der Waals surface area (Å²) in [4.78, 5) is 42.1. The molecule has 204 valence electrons. The molecule has 1 aromatic carbocycles. The van der Waals surface area contributed by atoms with Crippen molar-refractivity contribution in [3.8, 4) is 11.1 Å². The van der Waals surface area contributed by atoms with Crippen LogP contribution < -0.4 is 16.3 Å². The highest BCUT2D eigenvalue weighted by Crippen LogP contribution is 2.38. The van der Waals surface area contributed by atoms with Gasteiger partial charge in [-0.2, -0.15) is 0 Å². The second kappa shape index (κ2) is 9.97. The number of amides is 2. The molecule has 2 aliphatic rings. The molecule has 2 fully saturated rings. The zero-order valence-electron chi connectivity index (χ0n) is 22.2. The topological polar surface area (TPSA) is 122 Å². The van der Waals surface area contributed by atoms with Crippen LogP contribution in [0.15, 0.2) is 47.5 Å². The second-order valence-electron chi connectivity index (χ2n) is 11.0. The van der Waals surface area contributed by atoms with Gasteiger partial charge in [-0.1, -0.05) is 29.8 Å². The molecule has 1 unspecified atom stereocenters. The monoisotopic (exact) mass is 552 g/mol. The first-order valence-corrected chi connectivity index (χ1v) is 13.2. The van der Waals surface area contributed by atoms with Gasteiger partial charge in [0.15, 0.2) is 0 Å². The fourth-order valence-corrected chi connectivity index (χ4v) is 5.13. The number of carbonyl (C=O) groups excluding carboxylic acids is 1. The van der Waals surface area contributed by atoms with Crippen molar-refractivity contribution in [2.24, 2.45) is 0 Å². The number of nitrogens with one attached hydrogen (secondary N) is 1. The highest BCUT2D eigenvalue weighted by atomic mass is 35.5. The lowest BCUT2D eigenvalue weighted by atomic mass is 9.78. The molecule has 2 amide bonds. The smallest absolute Gasteiger partial charge is 0.465 e. The van der Waals surface area contributed by atoms with E-state index in [1.165, 1.54) is 10.6 Å². The number of benzene rings is 1. The van der Waals surface area contributed by atoms with Crippen LogP contribution in [0.2, 0.25) is 5.02 Å². The van der Waals surface area contributed by atoms with E-state index in [0.29, 0.717) is 29.0 Å². The van der Waals surface area contributed by atoms with Gasteiger partial charge in [0.1, 0.15) is 5.65 Å². The molecule has 0 saturated carbocycles. The maximum absolute atomic E-state index is 13.2. The van der Waals surface area contributed by atoms with Gasteiger partial charge in [0.05, 0.1) is 23.3 Å². The lowest BCUT2D eigenvalue weighted by molar-refractivity contribution is -0.119. The van der Waals surface area contributed by atoms with Crippen LogP contribution in [0.25, 0.3) is 16.8 Å². The Hall–Kier alpha value is -3.41. The summed E-state index contributed by atoms with van der Waals surface area (Å²) in [5.74, 6) is -0.102. The Morgan fingerprint density at radius 2 is 1.95 bits per heavy atom. The van der Waals surface area contributed by atoms with Crippen molar-refractivity contribution in [1.82, 2.24) is 19.6 Å². The standard InChI is InChI=1S/C27H30BClN4O6/c1-26(2)27(3,4)39-28(38-26)20-7-5-6-19(23(20)29)16-10-11-33-21(12-16)30-13-17(24(33)35)14-32(25(36)37)15-18-8-9-22(34)31-18/h5-7,10-13,18H,8-9,14-15H2,1-4H3,(H,31,34)(H,36,37). The molecule has 2 N–H and O–H groups in total. The maximum Gasteiger partial charge on any atom is 0.496 e. The Labute approximate surface area is 231 Å². The van der Waals surface area contributed by atoms with Crippen LogP contribution >= 0.6 is 11.6 Å². The molecule has 0 aliphatic carbocycles. The van der Waals surface area contributed by atoms with E-state index < -0.39 is 24.4 Å². The minimum absolute atomic E-state index is 0.0970. The first kappa shape index (κ1) is 27.2. The number of pyridine rings is 1. The van der Waals surface area contributed by atoms with Gasteiger partial charge in [-0.3, -0.25) is 14.0 Å². The van der Waals surface area contributed by atoms with E-state index in [-0.39, 0.29) is 36.2 Å². The van der Waals surface area contributed by atoms with E-state index in [4.69, 9.17) is 20.9 Å². The van der Waals surface area contributed by atoms with Gasteiger partial charge in [-0.25, -0.2) is 9.78 Å². The van der Waals surface area contributed by atoms with E-state index in [2.05, 4.69) is 10.3 Å². The Morgan fingerprint density at radius 3 is 2.59 bits per heavy atom. The van der Waals surface area contributed by atoms with Crippen LogP contribution in [0.4, 0.5) is 4.79 Å². The zero-order chi connectivity index (χ0) is 28.1. The van der Waals surface area contributed by atoms with Crippen molar-refractivity contribution in [2.45, 2.75) is 64.3 Å². The van der Waals surface area contributed by atoms with Crippen LogP contribution in [0.3, 0.4) is 0 Å². The summed E-state index contributed by atoms with van der Waals surface area (Å²) in [5.41, 5.74) is 1.43. The zero-order valence-corrected chi connectivity index (χ0v) is 23.0. The molecule has 0 radical (unpaired) electrons. The first-order chi connectivity index (χ1) is 18.4. The SMILES string of the molecule is CC1(C)OB(c2cccc(-c3ccn4c(=O)c(CN(CC5CCC(=O)N5)C(=O)O)cnc4c3)c2Cl)OC1(C)C. The lowest BCUT2D eigenvalue weighted by Gasteiger charge is -2.32. The van der Waals surface area contributed by atoms with Gasteiger partial charge in [0.25, 0.3) is 5.56 Å². The minimum Gasteiger partial charge on any atom is -0.465 e. The summed E-state index contributed by atoms with van der Waals surface area (Å²) in [5, 5.41) is 12.9. The van der Waals surface area contributed by atoms with Gasteiger partial charge in [0.2, 0.25) is 5.91 Å². The van der Waals surface area contributed by atoms with Gasteiger partial charge in [-0.05, 0) is 51.8 Å². The third kappa shape index (κ3) is 5.14. The van der Waals surface area contributed by atoms with Crippen molar-refractivity contribution in [3.63, 3.8) is 0 Å². The van der Waals surface area contributed by atoms with Gasteiger partial charge in [0, 0.05) is 47.4 Å². The molecular weight excluding hydrogens is 523 g/mol.